The molecule has 0 radical (unpaired) electrons. The van der Waals surface area contributed by atoms with Gasteiger partial charge in [0, 0.05) is 18.2 Å². The molecule has 3 nitrogen and oxygen atoms in total. The normalized spacial score (nSPS) is 16.9. The number of nitrogens with two attached hydrogens (primary N) is 1. The van der Waals surface area contributed by atoms with Crippen LogP contribution in [0.25, 0.3) is 0 Å². The van der Waals surface area contributed by atoms with Crippen LogP contribution in [0.3, 0.4) is 0 Å². The number of hydrogen-bond acceptors (Lipinski definition) is 3. The number of nitrogens with one attached hydrogen (secondary N) is 1. The van der Waals surface area contributed by atoms with Crippen molar-refractivity contribution in [3.63, 3.8) is 0 Å². The van der Waals surface area contributed by atoms with Gasteiger partial charge in [0.25, 0.3) is 0 Å². The molecule has 1 aliphatic rings. The van der Waals surface area contributed by atoms with Gasteiger partial charge >= 0.3 is 0 Å². The van der Waals surface area contributed by atoms with Gasteiger partial charge in [-0.1, -0.05) is 25.7 Å². The van der Waals surface area contributed by atoms with Gasteiger partial charge in [0.1, 0.15) is 0 Å². The number of ether oxygens (including phenoxy) is 1. The first kappa shape index (κ1) is 14.0. The summed E-state index contributed by atoms with van der Waals surface area (Å²) in [6.45, 7) is 2.29. The minimum absolute atomic E-state index is 0.271. The Kier molecular flexibility index (Phi) is 4.88. The van der Waals surface area contributed by atoms with E-state index in [4.69, 9.17) is 10.5 Å². The third kappa shape index (κ3) is 3.75. The highest BCUT2D eigenvalue weighted by Crippen LogP contribution is 2.30. The summed E-state index contributed by atoms with van der Waals surface area (Å²) in [5.74, 6) is -0.126. The van der Waals surface area contributed by atoms with Gasteiger partial charge in [-0.25, -0.2) is 4.39 Å². The second-order valence-electron chi connectivity index (χ2n) is 5.14. The van der Waals surface area contributed by atoms with Gasteiger partial charge in [0.15, 0.2) is 11.6 Å². The van der Waals surface area contributed by atoms with Crippen molar-refractivity contribution in [2.75, 3.05) is 17.7 Å². The van der Waals surface area contributed by atoms with E-state index in [-0.39, 0.29) is 5.75 Å². The maximum atomic E-state index is 13.6. The quantitative estimate of drug-likeness (QED) is 0.641. The van der Waals surface area contributed by atoms with E-state index >= 15 is 0 Å². The molecule has 4 heteroatoms. The second kappa shape index (κ2) is 6.64. The summed E-state index contributed by atoms with van der Waals surface area (Å²) in [4.78, 5) is 0. The maximum absolute atomic E-state index is 13.6. The maximum Gasteiger partial charge on any atom is 0.167 e. The molecule has 106 valence electrons. The highest BCUT2D eigenvalue weighted by molar-refractivity contribution is 5.69. The SMILES string of the molecule is CCOc1cc(NC2CCCCCC2)c(N)cc1F. The van der Waals surface area contributed by atoms with E-state index in [1.165, 1.54) is 31.7 Å². The van der Waals surface area contributed by atoms with Crippen LogP contribution in [-0.2, 0) is 0 Å². The first-order valence-electron chi connectivity index (χ1n) is 7.19. The predicted octanol–water partition coefficient (Wildman–Crippen LogP) is 3.94. The Labute approximate surface area is 114 Å². The fourth-order valence-corrected chi connectivity index (χ4v) is 2.60. The molecule has 1 aliphatic carbocycles. The molecule has 0 aromatic heterocycles. The van der Waals surface area contributed by atoms with Crippen LogP contribution in [0.2, 0.25) is 0 Å². The number of rotatable bonds is 4. The Morgan fingerprint density at radius 1 is 1.26 bits per heavy atom. The number of hydrogen-bond donors (Lipinski definition) is 2. The van der Waals surface area contributed by atoms with Gasteiger partial charge in [-0.2, -0.15) is 0 Å². The van der Waals surface area contributed by atoms with Crippen LogP contribution in [0.4, 0.5) is 15.8 Å². The molecule has 0 saturated heterocycles. The van der Waals surface area contributed by atoms with Crippen molar-refractivity contribution in [1.29, 1.82) is 0 Å². The molecule has 0 heterocycles. The average molecular weight is 266 g/mol. The van der Waals surface area contributed by atoms with Crippen LogP contribution < -0.4 is 15.8 Å². The molecular formula is C15H23FN2O. The van der Waals surface area contributed by atoms with Crippen LogP contribution >= 0.6 is 0 Å². The third-order valence-corrected chi connectivity index (χ3v) is 3.62. The molecule has 2 rings (SSSR count). The van der Waals surface area contributed by atoms with Crippen molar-refractivity contribution in [3.8, 4) is 5.75 Å². The van der Waals surface area contributed by atoms with Crippen molar-refractivity contribution >= 4 is 11.4 Å². The Bertz CT molecular complexity index is 415. The molecule has 1 aromatic rings. The molecule has 0 aliphatic heterocycles. The Morgan fingerprint density at radius 2 is 1.95 bits per heavy atom. The summed E-state index contributed by atoms with van der Waals surface area (Å²) in [5.41, 5.74) is 7.12. The molecule has 0 spiro atoms. The Morgan fingerprint density at radius 3 is 2.58 bits per heavy atom. The van der Waals surface area contributed by atoms with Crippen molar-refractivity contribution in [3.05, 3.63) is 17.9 Å². The molecule has 1 saturated carbocycles. The molecule has 1 fully saturated rings. The van der Waals surface area contributed by atoms with Crippen molar-refractivity contribution in [2.24, 2.45) is 0 Å². The smallest absolute Gasteiger partial charge is 0.167 e. The Hall–Kier alpha value is -1.45. The monoisotopic (exact) mass is 266 g/mol. The number of anilines is 2. The predicted molar refractivity (Wildman–Crippen MR) is 77.1 cm³/mol. The molecule has 0 atom stereocenters. The zero-order chi connectivity index (χ0) is 13.7. The van der Waals surface area contributed by atoms with E-state index in [9.17, 15) is 4.39 Å². The van der Waals surface area contributed by atoms with Gasteiger partial charge in [-0.05, 0) is 19.8 Å². The lowest BCUT2D eigenvalue weighted by Gasteiger charge is -2.20. The van der Waals surface area contributed by atoms with E-state index in [2.05, 4.69) is 5.32 Å². The molecule has 19 heavy (non-hydrogen) atoms. The largest absolute Gasteiger partial charge is 0.491 e. The summed E-state index contributed by atoms with van der Waals surface area (Å²) >= 11 is 0. The molecule has 0 bridgehead atoms. The van der Waals surface area contributed by atoms with Gasteiger partial charge in [0.05, 0.1) is 18.0 Å². The van der Waals surface area contributed by atoms with Crippen LogP contribution in [0.15, 0.2) is 12.1 Å². The molecular weight excluding hydrogens is 243 g/mol. The fourth-order valence-electron chi connectivity index (χ4n) is 2.60. The van der Waals surface area contributed by atoms with Crippen molar-refractivity contribution < 1.29 is 9.13 Å². The third-order valence-electron chi connectivity index (χ3n) is 3.62. The van der Waals surface area contributed by atoms with E-state index < -0.39 is 5.82 Å². The second-order valence-corrected chi connectivity index (χ2v) is 5.14. The first-order chi connectivity index (χ1) is 9.20. The zero-order valence-electron chi connectivity index (χ0n) is 11.5. The summed E-state index contributed by atoms with van der Waals surface area (Å²) < 4.78 is 18.9. The van der Waals surface area contributed by atoms with Gasteiger partial charge in [-0.15, -0.1) is 0 Å². The van der Waals surface area contributed by atoms with Crippen LogP contribution in [0.5, 0.6) is 5.75 Å². The standard InChI is InChI=1S/C15H23FN2O/c1-2-19-15-10-14(13(17)9-12(15)16)18-11-7-5-3-4-6-8-11/h9-11,18H,2-8,17H2,1H3. The van der Waals surface area contributed by atoms with E-state index in [1.54, 1.807) is 6.07 Å². The Balaban J connectivity index is 2.11. The lowest BCUT2D eigenvalue weighted by molar-refractivity contribution is 0.322. The number of halogens is 1. The topological polar surface area (TPSA) is 47.3 Å². The van der Waals surface area contributed by atoms with Gasteiger partial charge < -0.3 is 15.8 Å². The summed E-state index contributed by atoms with van der Waals surface area (Å²) in [5, 5.41) is 3.44. The highest BCUT2D eigenvalue weighted by atomic mass is 19.1. The lowest BCUT2D eigenvalue weighted by atomic mass is 10.1. The fraction of sp³-hybridized carbons (Fsp3) is 0.600. The number of nitrogen functional groups attached to an aromatic ring is 1. The van der Waals surface area contributed by atoms with Gasteiger partial charge in [-0.3, -0.25) is 0 Å². The molecule has 0 unspecified atom stereocenters. The van der Waals surface area contributed by atoms with E-state index in [0.29, 0.717) is 18.3 Å². The van der Waals surface area contributed by atoms with Crippen molar-refractivity contribution in [2.45, 2.75) is 51.5 Å². The average Bonchev–Trinajstić information content (AvgIpc) is 2.64. The number of benzene rings is 1. The van der Waals surface area contributed by atoms with E-state index in [1.807, 2.05) is 6.92 Å². The van der Waals surface area contributed by atoms with Crippen LogP contribution in [0, 0.1) is 5.82 Å². The van der Waals surface area contributed by atoms with Crippen LogP contribution in [0.1, 0.15) is 45.4 Å². The van der Waals surface area contributed by atoms with Crippen molar-refractivity contribution in [1.82, 2.24) is 0 Å². The summed E-state index contributed by atoms with van der Waals surface area (Å²) in [6.07, 6.45) is 7.41. The summed E-state index contributed by atoms with van der Waals surface area (Å²) in [6, 6.07) is 3.45. The lowest BCUT2D eigenvalue weighted by Crippen LogP contribution is -2.19. The molecule has 3 N–H and O–H groups in total. The van der Waals surface area contributed by atoms with E-state index in [0.717, 1.165) is 18.5 Å². The zero-order valence-corrected chi connectivity index (χ0v) is 11.5. The summed E-state index contributed by atoms with van der Waals surface area (Å²) in [7, 11) is 0. The first-order valence-corrected chi connectivity index (χ1v) is 7.19. The minimum atomic E-state index is -0.397. The van der Waals surface area contributed by atoms with Crippen LogP contribution in [-0.4, -0.2) is 12.6 Å². The van der Waals surface area contributed by atoms with Gasteiger partial charge in [0.2, 0.25) is 0 Å². The molecule has 0 amide bonds. The molecule has 1 aromatic carbocycles. The minimum Gasteiger partial charge on any atom is -0.491 e. The highest BCUT2D eigenvalue weighted by Gasteiger charge is 2.15.